The molecule has 9 heteroatoms. The highest BCUT2D eigenvalue weighted by Gasteiger charge is 2.25. The molecule has 0 aromatic heterocycles. The number of carbonyl (C=O) groups is 2. The van der Waals surface area contributed by atoms with Crippen LogP contribution in [0.15, 0.2) is 29.3 Å². The number of nitrogens with zero attached hydrogens (tertiary/aromatic N) is 2. The Hall–Kier alpha value is -2.04. The summed E-state index contributed by atoms with van der Waals surface area (Å²) < 4.78 is 5.72. The van der Waals surface area contributed by atoms with Crippen molar-refractivity contribution in [2.45, 2.75) is 39.7 Å². The second-order valence-corrected chi connectivity index (χ2v) is 6.64. The highest BCUT2D eigenvalue weighted by Crippen LogP contribution is 2.17. The second kappa shape index (κ2) is 13.2. The number of hydrogen-bond acceptors (Lipinski definition) is 4. The first-order valence-corrected chi connectivity index (χ1v) is 9.84. The molecular formula is C20H32IN5O3. The quantitative estimate of drug-likeness (QED) is 0.213. The summed E-state index contributed by atoms with van der Waals surface area (Å²) in [5.41, 5.74) is 0.705. The zero-order valence-electron chi connectivity index (χ0n) is 17.4. The molecule has 1 aliphatic heterocycles. The van der Waals surface area contributed by atoms with E-state index in [4.69, 9.17) is 4.74 Å². The minimum Gasteiger partial charge on any atom is -0.492 e. The van der Waals surface area contributed by atoms with Gasteiger partial charge in [0.2, 0.25) is 11.8 Å². The highest BCUT2D eigenvalue weighted by molar-refractivity contribution is 14.0. The lowest BCUT2D eigenvalue weighted by Crippen LogP contribution is -2.45. The maximum atomic E-state index is 11.8. The maximum Gasteiger partial charge on any atom is 0.222 e. The van der Waals surface area contributed by atoms with Gasteiger partial charge in [-0.15, -0.1) is 24.0 Å². The van der Waals surface area contributed by atoms with Crippen LogP contribution in [0.3, 0.4) is 0 Å². The van der Waals surface area contributed by atoms with Crippen LogP contribution < -0.4 is 20.7 Å². The van der Waals surface area contributed by atoms with Crippen LogP contribution in [0.25, 0.3) is 0 Å². The monoisotopic (exact) mass is 517 g/mol. The summed E-state index contributed by atoms with van der Waals surface area (Å²) in [4.78, 5) is 29.4. The average Bonchev–Trinajstić information content (AvgIpc) is 3.13. The van der Waals surface area contributed by atoms with Crippen molar-refractivity contribution in [2.75, 3.05) is 38.1 Å². The van der Waals surface area contributed by atoms with Gasteiger partial charge in [-0.2, -0.15) is 0 Å². The van der Waals surface area contributed by atoms with Crippen molar-refractivity contribution in [1.82, 2.24) is 15.5 Å². The van der Waals surface area contributed by atoms with Gasteiger partial charge in [-0.1, -0.05) is 13.0 Å². The van der Waals surface area contributed by atoms with Crippen LogP contribution in [0.5, 0.6) is 5.75 Å². The minimum absolute atomic E-state index is 0. The zero-order valence-corrected chi connectivity index (χ0v) is 19.7. The van der Waals surface area contributed by atoms with Crippen LogP contribution in [0.2, 0.25) is 0 Å². The third kappa shape index (κ3) is 8.88. The van der Waals surface area contributed by atoms with Crippen molar-refractivity contribution in [1.29, 1.82) is 0 Å². The van der Waals surface area contributed by atoms with Crippen molar-refractivity contribution in [3.05, 3.63) is 24.3 Å². The first kappa shape index (κ1) is 25.0. The number of benzene rings is 1. The molecule has 0 spiro atoms. The van der Waals surface area contributed by atoms with E-state index >= 15 is 0 Å². The Balaban J connectivity index is 0.00000420. The predicted molar refractivity (Wildman–Crippen MR) is 126 cm³/mol. The van der Waals surface area contributed by atoms with Gasteiger partial charge in [0.05, 0.1) is 6.54 Å². The number of guanidine groups is 1. The third-order valence-electron chi connectivity index (χ3n) is 4.31. The number of amides is 2. The Labute approximate surface area is 189 Å². The zero-order chi connectivity index (χ0) is 20.4. The second-order valence-electron chi connectivity index (χ2n) is 6.64. The largest absolute Gasteiger partial charge is 0.492 e. The van der Waals surface area contributed by atoms with Gasteiger partial charge in [0.1, 0.15) is 12.4 Å². The molecule has 1 aliphatic rings. The van der Waals surface area contributed by atoms with Gasteiger partial charge < -0.3 is 25.6 Å². The molecule has 1 saturated heterocycles. The lowest BCUT2D eigenvalue weighted by atomic mass is 10.3. The molecule has 0 aliphatic carbocycles. The van der Waals surface area contributed by atoms with E-state index in [0.29, 0.717) is 37.6 Å². The predicted octanol–water partition coefficient (Wildman–Crippen LogP) is 2.21. The summed E-state index contributed by atoms with van der Waals surface area (Å²) in [5.74, 6) is 1.49. The molecule has 1 unspecified atom stereocenters. The molecule has 1 fully saturated rings. The smallest absolute Gasteiger partial charge is 0.222 e. The van der Waals surface area contributed by atoms with Crippen molar-refractivity contribution >= 4 is 47.4 Å². The molecule has 2 amide bonds. The fraction of sp³-hybridized carbons (Fsp3) is 0.550. The number of nitrogens with one attached hydrogen (secondary N) is 3. The van der Waals surface area contributed by atoms with E-state index in [2.05, 4.69) is 20.9 Å². The number of rotatable bonds is 8. The molecule has 0 radical (unpaired) electrons. The number of aliphatic imine (C=N–C) groups is 1. The molecule has 1 heterocycles. The number of hydrogen-bond donors (Lipinski definition) is 3. The normalized spacial score (nSPS) is 16.0. The standard InChI is InChI=1S/C20H31N5O3.HI/c1-4-19(27)25-11-9-17(14-25)24-20(21-5-2)22-10-12-28-18-8-6-7-16(13-18)23-15(3)26;/h6-8,13,17H,4-5,9-12,14H2,1-3H3,(H,23,26)(H2,21,22,24);1H. The molecule has 1 aromatic carbocycles. The van der Waals surface area contributed by atoms with Gasteiger partial charge >= 0.3 is 0 Å². The molecular weight excluding hydrogens is 485 g/mol. The van der Waals surface area contributed by atoms with E-state index in [1.54, 1.807) is 6.07 Å². The third-order valence-corrected chi connectivity index (χ3v) is 4.31. The summed E-state index contributed by atoms with van der Waals surface area (Å²) in [6, 6.07) is 7.48. The van der Waals surface area contributed by atoms with Gasteiger partial charge in [0.15, 0.2) is 5.96 Å². The van der Waals surface area contributed by atoms with Crippen molar-refractivity contribution in [3.8, 4) is 5.75 Å². The van der Waals surface area contributed by atoms with E-state index in [1.807, 2.05) is 36.9 Å². The van der Waals surface area contributed by atoms with E-state index < -0.39 is 0 Å². The molecule has 0 saturated carbocycles. The Kier molecular flexibility index (Phi) is 11.4. The van der Waals surface area contributed by atoms with Crippen LogP contribution in [0.1, 0.15) is 33.6 Å². The van der Waals surface area contributed by atoms with Crippen LogP contribution in [-0.4, -0.2) is 61.5 Å². The Morgan fingerprint density at radius 3 is 2.79 bits per heavy atom. The summed E-state index contributed by atoms with van der Waals surface area (Å²) in [7, 11) is 0. The van der Waals surface area contributed by atoms with Crippen LogP contribution >= 0.6 is 24.0 Å². The van der Waals surface area contributed by atoms with Crippen LogP contribution in [-0.2, 0) is 9.59 Å². The molecule has 162 valence electrons. The Morgan fingerprint density at radius 1 is 1.31 bits per heavy atom. The van der Waals surface area contributed by atoms with E-state index in [1.165, 1.54) is 6.92 Å². The van der Waals surface area contributed by atoms with Crippen LogP contribution in [0.4, 0.5) is 5.69 Å². The Bertz CT molecular complexity index is 698. The van der Waals surface area contributed by atoms with Gasteiger partial charge in [-0.3, -0.25) is 9.59 Å². The molecule has 1 aromatic rings. The molecule has 1 atom stereocenters. The maximum absolute atomic E-state index is 11.8. The SMILES string of the molecule is CCNC(=NCCOc1cccc(NC(C)=O)c1)NC1CCN(C(=O)CC)C1.I. The number of carbonyl (C=O) groups excluding carboxylic acids is 2. The molecule has 2 rings (SSSR count). The number of likely N-dealkylation sites (tertiary alicyclic amines) is 1. The number of halogens is 1. The molecule has 29 heavy (non-hydrogen) atoms. The summed E-state index contributed by atoms with van der Waals surface area (Å²) >= 11 is 0. The average molecular weight is 517 g/mol. The molecule has 8 nitrogen and oxygen atoms in total. The van der Waals surface area contributed by atoms with E-state index in [9.17, 15) is 9.59 Å². The highest BCUT2D eigenvalue weighted by atomic mass is 127. The van der Waals surface area contributed by atoms with E-state index in [-0.39, 0.29) is 41.8 Å². The number of ether oxygens (including phenoxy) is 1. The van der Waals surface area contributed by atoms with Crippen molar-refractivity contribution in [2.24, 2.45) is 4.99 Å². The summed E-state index contributed by atoms with van der Waals surface area (Å²) in [6.45, 7) is 8.55. The minimum atomic E-state index is -0.116. The summed E-state index contributed by atoms with van der Waals surface area (Å²) in [6.07, 6.45) is 1.46. The first-order chi connectivity index (χ1) is 13.5. The Morgan fingerprint density at radius 2 is 2.10 bits per heavy atom. The fourth-order valence-electron chi connectivity index (χ4n) is 3.03. The fourth-order valence-corrected chi connectivity index (χ4v) is 3.03. The van der Waals surface area contributed by atoms with Gasteiger partial charge in [-0.05, 0) is 25.5 Å². The lowest BCUT2D eigenvalue weighted by Gasteiger charge is -2.18. The van der Waals surface area contributed by atoms with Gasteiger partial charge in [0, 0.05) is 50.8 Å². The van der Waals surface area contributed by atoms with Gasteiger partial charge in [0.25, 0.3) is 0 Å². The number of anilines is 1. The van der Waals surface area contributed by atoms with Crippen LogP contribution in [0, 0.1) is 0 Å². The molecule has 3 N–H and O–H groups in total. The first-order valence-electron chi connectivity index (χ1n) is 9.84. The van der Waals surface area contributed by atoms with Gasteiger partial charge in [-0.25, -0.2) is 4.99 Å². The lowest BCUT2D eigenvalue weighted by molar-refractivity contribution is -0.129. The topological polar surface area (TPSA) is 95.1 Å². The van der Waals surface area contributed by atoms with Crippen molar-refractivity contribution < 1.29 is 14.3 Å². The summed E-state index contributed by atoms with van der Waals surface area (Å²) in [5, 5.41) is 9.36. The van der Waals surface area contributed by atoms with Crippen molar-refractivity contribution in [3.63, 3.8) is 0 Å². The van der Waals surface area contributed by atoms with E-state index in [0.717, 1.165) is 25.5 Å². The molecule has 0 bridgehead atoms.